The average Bonchev–Trinajstić information content (AvgIpc) is 3.57. The molecule has 1 aliphatic heterocycles. The zero-order valence-corrected chi connectivity index (χ0v) is 22.1. The van der Waals surface area contributed by atoms with Gasteiger partial charge in [-0.2, -0.15) is 28.2 Å². The molecule has 3 aromatic heterocycles. The molecule has 1 aliphatic carbocycles. The zero-order valence-electron chi connectivity index (χ0n) is 21.3. The number of ketones is 1. The smallest absolute Gasteiger partial charge is 0.291 e. The van der Waals surface area contributed by atoms with Gasteiger partial charge in [-0.3, -0.25) is 9.78 Å². The maximum absolute atomic E-state index is 14.2. The highest BCUT2D eigenvalue weighted by Crippen LogP contribution is 2.48. The molecule has 4 heterocycles. The number of halogens is 4. The highest BCUT2D eigenvalue weighted by Gasteiger charge is 2.50. The SMILES string of the molecule is CCn1ncc(SN2CCC3=Cc4c(cnn4-c4ccc(F)cc4)CC3(C(=O)c3cc(C(F)(F)F)ccn3)C2)n1. The minimum absolute atomic E-state index is 0.227. The van der Waals surface area contributed by atoms with Crippen LogP contribution < -0.4 is 0 Å². The first-order valence-electron chi connectivity index (χ1n) is 12.6. The number of alkyl halides is 3. The van der Waals surface area contributed by atoms with Crippen molar-refractivity contribution in [3.8, 4) is 5.69 Å². The van der Waals surface area contributed by atoms with E-state index in [4.69, 9.17) is 0 Å². The number of piperidine rings is 1. The average molecular weight is 570 g/mol. The maximum Gasteiger partial charge on any atom is 0.416 e. The molecule has 1 aromatic carbocycles. The van der Waals surface area contributed by atoms with Crippen molar-refractivity contribution in [2.75, 3.05) is 13.1 Å². The summed E-state index contributed by atoms with van der Waals surface area (Å²) in [6.45, 7) is 3.35. The van der Waals surface area contributed by atoms with Gasteiger partial charge in [-0.25, -0.2) is 13.4 Å². The number of aryl methyl sites for hydroxylation is 1. The number of Topliss-reactive ketones (excluding diaryl/α,β-unsaturated/α-hetero) is 1. The fraction of sp³-hybridized carbons (Fsp3) is 0.296. The molecule has 40 heavy (non-hydrogen) atoms. The molecule has 1 unspecified atom stereocenters. The molecule has 1 atom stereocenters. The lowest BCUT2D eigenvalue weighted by Crippen LogP contribution is -2.49. The second-order valence-electron chi connectivity index (χ2n) is 9.70. The molecule has 8 nitrogen and oxygen atoms in total. The standard InChI is InChI=1S/C27H23F4N7OS/c1-2-37-33-15-24(35-37)40-36-10-8-18-12-23-17(14-34-38(23)21-5-3-20(28)4-6-21)13-26(18,16-36)25(39)22-11-19(7-9-32-22)27(29,30)31/h3-7,9,11-12,14-15H,2,8,10,13,16H2,1H3. The number of pyridine rings is 1. The van der Waals surface area contributed by atoms with Gasteiger partial charge in [0, 0.05) is 19.3 Å². The van der Waals surface area contributed by atoms with Gasteiger partial charge in [0.05, 0.1) is 41.3 Å². The third-order valence-corrected chi connectivity index (χ3v) is 8.17. The summed E-state index contributed by atoms with van der Waals surface area (Å²) < 4.78 is 57.8. The summed E-state index contributed by atoms with van der Waals surface area (Å²) in [5, 5.41) is 13.8. The number of aromatic nitrogens is 6. The van der Waals surface area contributed by atoms with Gasteiger partial charge >= 0.3 is 6.18 Å². The Morgan fingerprint density at radius 1 is 1.12 bits per heavy atom. The van der Waals surface area contributed by atoms with Crippen LogP contribution in [0.1, 0.15) is 40.7 Å². The van der Waals surface area contributed by atoms with E-state index in [1.807, 2.05) is 17.3 Å². The molecule has 0 bridgehead atoms. The number of benzene rings is 1. The minimum Gasteiger partial charge on any atom is -0.291 e. The van der Waals surface area contributed by atoms with Gasteiger partial charge in [-0.1, -0.05) is 5.57 Å². The van der Waals surface area contributed by atoms with Crippen LogP contribution in [0.2, 0.25) is 0 Å². The van der Waals surface area contributed by atoms with Crippen molar-refractivity contribution in [3.63, 3.8) is 0 Å². The molecular formula is C27H23F4N7OS. The van der Waals surface area contributed by atoms with Crippen molar-refractivity contribution in [1.82, 2.24) is 34.1 Å². The van der Waals surface area contributed by atoms with Gasteiger partial charge in [0.1, 0.15) is 11.5 Å². The number of hydrogen-bond donors (Lipinski definition) is 0. The molecule has 1 fully saturated rings. The molecule has 13 heteroatoms. The quantitative estimate of drug-likeness (QED) is 0.178. The molecular weight excluding hydrogens is 546 g/mol. The fourth-order valence-corrected chi connectivity index (χ4v) is 6.22. The fourth-order valence-electron chi connectivity index (χ4n) is 5.27. The summed E-state index contributed by atoms with van der Waals surface area (Å²) in [5.41, 5.74) is 0.649. The molecule has 6 rings (SSSR count). The second kappa shape index (κ2) is 9.97. The van der Waals surface area contributed by atoms with E-state index in [2.05, 4.69) is 20.3 Å². The summed E-state index contributed by atoms with van der Waals surface area (Å²) in [6.07, 6.45) is 2.33. The Morgan fingerprint density at radius 2 is 1.93 bits per heavy atom. The lowest BCUT2D eigenvalue weighted by Gasteiger charge is -2.44. The van der Waals surface area contributed by atoms with Crippen molar-refractivity contribution in [3.05, 3.63) is 88.9 Å². The van der Waals surface area contributed by atoms with Crippen LogP contribution in [-0.2, 0) is 19.1 Å². The molecule has 206 valence electrons. The monoisotopic (exact) mass is 569 g/mol. The predicted molar refractivity (Wildman–Crippen MR) is 139 cm³/mol. The van der Waals surface area contributed by atoms with E-state index < -0.39 is 22.9 Å². The molecule has 2 aliphatic rings. The minimum atomic E-state index is -4.61. The van der Waals surface area contributed by atoms with E-state index >= 15 is 0 Å². The second-order valence-corrected chi connectivity index (χ2v) is 10.8. The van der Waals surface area contributed by atoms with E-state index in [-0.39, 0.29) is 24.5 Å². The van der Waals surface area contributed by atoms with E-state index in [0.29, 0.717) is 30.2 Å². The van der Waals surface area contributed by atoms with Crippen molar-refractivity contribution < 1.29 is 22.4 Å². The lowest BCUT2D eigenvalue weighted by molar-refractivity contribution is -0.137. The normalized spacial score (nSPS) is 19.2. The maximum atomic E-state index is 14.2. The molecule has 0 saturated carbocycles. The Hall–Kier alpha value is -3.84. The van der Waals surface area contributed by atoms with Crippen LogP contribution >= 0.6 is 11.9 Å². The van der Waals surface area contributed by atoms with Crippen LogP contribution in [0.15, 0.2) is 65.6 Å². The number of fused-ring (bicyclic) bond motifs is 2. The molecule has 0 amide bonds. The van der Waals surface area contributed by atoms with Crippen LogP contribution in [0, 0.1) is 11.2 Å². The van der Waals surface area contributed by atoms with Gasteiger partial charge in [-0.05, 0) is 79.8 Å². The van der Waals surface area contributed by atoms with Crippen LogP contribution in [0.3, 0.4) is 0 Å². The predicted octanol–water partition coefficient (Wildman–Crippen LogP) is 5.26. The molecule has 0 spiro atoms. The largest absolute Gasteiger partial charge is 0.416 e. The van der Waals surface area contributed by atoms with Crippen LogP contribution in [0.5, 0.6) is 0 Å². The van der Waals surface area contributed by atoms with Gasteiger partial charge < -0.3 is 0 Å². The third-order valence-electron chi connectivity index (χ3n) is 7.23. The Morgan fingerprint density at radius 3 is 2.65 bits per heavy atom. The Labute approximate surface area is 230 Å². The van der Waals surface area contributed by atoms with Crippen molar-refractivity contribution in [2.45, 2.75) is 37.5 Å². The summed E-state index contributed by atoms with van der Waals surface area (Å²) in [7, 11) is 0. The summed E-state index contributed by atoms with van der Waals surface area (Å²) >= 11 is 1.36. The Bertz CT molecular complexity index is 1610. The van der Waals surface area contributed by atoms with E-state index in [9.17, 15) is 22.4 Å². The zero-order chi connectivity index (χ0) is 28.1. The van der Waals surface area contributed by atoms with Crippen LogP contribution in [-0.4, -0.2) is 52.9 Å². The van der Waals surface area contributed by atoms with Crippen molar-refractivity contribution >= 4 is 23.8 Å². The van der Waals surface area contributed by atoms with E-state index in [1.54, 1.807) is 34.0 Å². The highest BCUT2D eigenvalue weighted by molar-refractivity contribution is 7.97. The highest BCUT2D eigenvalue weighted by atomic mass is 32.2. The summed E-state index contributed by atoms with van der Waals surface area (Å²) in [4.78, 5) is 19.8. The molecule has 0 radical (unpaired) electrons. The van der Waals surface area contributed by atoms with Crippen molar-refractivity contribution in [2.24, 2.45) is 5.41 Å². The Kier molecular flexibility index (Phi) is 6.57. The summed E-state index contributed by atoms with van der Waals surface area (Å²) in [6, 6.07) is 7.60. The van der Waals surface area contributed by atoms with E-state index in [0.717, 1.165) is 35.2 Å². The topological polar surface area (TPSA) is 81.7 Å². The molecule has 1 saturated heterocycles. The van der Waals surface area contributed by atoms with Crippen molar-refractivity contribution in [1.29, 1.82) is 0 Å². The van der Waals surface area contributed by atoms with Crippen LogP contribution in [0.4, 0.5) is 17.6 Å². The first-order chi connectivity index (χ1) is 19.2. The first-order valence-corrected chi connectivity index (χ1v) is 13.4. The summed E-state index contributed by atoms with van der Waals surface area (Å²) in [5.74, 6) is -0.849. The van der Waals surface area contributed by atoms with Gasteiger partial charge in [0.2, 0.25) is 0 Å². The molecule has 0 N–H and O–H groups in total. The van der Waals surface area contributed by atoms with Gasteiger partial charge in [0.15, 0.2) is 10.8 Å². The lowest BCUT2D eigenvalue weighted by atomic mass is 9.65. The van der Waals surface area contributed by atoms with Gasteiger partial charge in [0.25, 0.3) is 0 Å². The van der Waals surface area contributed by atoms with Gasteiger partial charge in [-0.15, -0.1) is 5.10 Å². The number of nitrogens with zero attached hydrogens (tertiary/aromatic N) is 7. The number of carbonyl (C=O) groups excluding carboxylic acids is 1. The number of carbonyl (C=O) groups is 1. The third kappa shape index (κ3) is 4.73. The number of hydrogen-bond acceptors (Lipinski definition) is 7. The Balaban J connectivity index is 1.41. The molecule has 4 aromatic rings. The van der Waals surface area contributed by atoms with E-state index in [1.165, 1.54) is 24.1 Å². The number of rotatable bonds is 6. The first kappa shape index (κ1) is 26.4. The van der Waals surface area contributed by atoms with Crippen LogP contribution in [0.25, 0.3) is 11.8 Å².